The standard InChI is InChI=1S/C26H38N4O4/c1-4-8-28-10-12-29(13-11-28)18-5-6-19(25(27)32)20(15-18)21(14-17(2)3)26(33)30-9-7-23-24(30)22(31)16-34-23/h5-6,15,17,21,23-24H,4,7-14,16H2,1-3H3,(H2,27,32)/t21-,23+,24+/m0/s1. The van der Waals surface area contributed by atoms with Crippen LogP contribution in [-0.4, -0.2) is 85.4 Å². The number of hydrogen-bond donors (Lipinski definition) is 1. The summed E-state index contributed by atoms with van der Waals surface area (Å²) in [6, 6.07) is 5.19. The monoisotopic (exact) mass is 470 g/mol. The molecule has 1 aromatic rings. The van der Waals surface area contributed by atoms with Gasteiger partial charge in [-0.1, -0.05) is 20.8 Å². The van der Waals surface area contributed by atoms with E-state index in [9.17, 15) is 14.4 Å². The number of anilines is 1. The maximum absolute atomic E-state index is 13.9. The summed E-state index contributed by atoms with van der Waals surface area (Å²) < 4.78 is 5.59. The van der Waals surface area contributed by atoms with Crippen molar-refractivity contribution in [3.8, 4) is 0 Å². The summed E-state index contributed by atoms with van der Waals surface area (Å²) in [7, 11) is 0. The average Bonchev–Trinajstić information content (AvgIpc) is 3.40. The number of ketones is 1. The summed E-state index contributed by atoms with van der Waals surface area (Å²) in [5.41, 5.74) is 7.84. The molecule has 0 aromatic heterocycles. The zero-order valence-electron chi connectivity index (χ0n) is 20.7. The number of nitrogens with zero attached hydrogens (tertiary/aromatic N) is 3. The SMILES string of the molecule is CCCN1CCN(c2ccc(C(N)=O)c([C@H](CC(C)C)C(=O)N3CC[C@H]4OCC(=O)[C@H]43)c2)CC1. The van der Waals surface area contributed by atoms with E-state index < -0.39 is 17.9 Å². The van der Waals surface area contributed by atoms with Crippen LogP contribution in [0.3, 0.4) is 0 Å². The van der Waals surface area contributed by atoms with Gasteiger partial charge in [0.15, 0.2) is 5.78 Å². The third-order valence-corrected chi connectivity index (χ3v) is 7.35. The molecule has 8 heteroatoms. The number of carbonyl (C=O) groups excluding carboxylic acids is 3. The van der Waals surface area contributed by atoms with Crippen LogP contribution in [0.25, 0.3) is 0 Å². The zero-order valence-corrected chi connectivity index (χ0v) is 20.7. The fourth-order valence-corrected chi connectivity index (χ4v) is 5.68. The number of Topliss-reactive ketones (excluding diaryl/α,β-unsaturated/α-hetero) is 1. The minimum absolute atomic E-state index is 0.0343. The molecule has 3 aliphatic heterocycles. The van der Waals surface area contributed by atoms with Crippen molar-refractivity contribution >= 4 is 23.3 Å². The number of benzene rings is 1. The Balaban J connectivity index is 1.65. The molecule has 8 nitrogen and oxygen atoms in total. The van der Waals surface area contributed by atoms with Gasteiger partial charge in [0.1, 0.15) is 12.6 Å². The first-order valence-corrected chi connectivity index (χ1v) is 12.7. The number of hydrogen-bond acceptors (Lipinski definition) is 6. The van der Waals surface area contributed by atoms with E-state index >= 15 is 0 Å². The molecule has 186 valence electrons. The minimum atomic E-state index is -0.532. The van der Waals surface area contributed by atoms with Crippen molar-refractivity contribution in [1.82, 2.24) is 9.80 Å². The second kappa shape index (κ2) is 10.4. The molecule has 3 atom stereocenters. The van der Waals surface area contributed by atoms with Crippen molar-refractivity contribution in [2.75, 3.05) is 50.8 Å². The molecule has 0 spiro atoms. The van der Waals surface area contributed by atoms with Gasteiger partial charge in [-0.15, -0.1) is 0 Å². The third-order valence-electron chi connectivity index (χ3n) is 7.35. The van der Waals surface area contributed by atoms with Gasteiger partial charge < -0.3 is 20.3 Å². The highest BCUT2D eigenvalue weighted by molar-refractivity contribution is 5.99. The van der Waals surface area contributed by atoms with E-state index in [0.29, 0.717) is 30.5 Å². The van der Waals surface area contributed by atoms with Crippen LogP contribution in [0, 0.1) is 5.92 Å². The van der Waals surface area contributed by atoms with Crippen LogP contribution in [0.5, 0.6) is 0 Å². The van der Waals surface area contributed by atoms with Crippen molar-refractivity contribution < 1.29 is 19.1 Å². The summed E-state index contributed by atoms with van der Waals surface area (Å²) in [6.45, 7) is 11.8. The molecule has 0 radical (unpaired) electrons. The van der Waals surface area contributed by atoms with Crippen LogP contribution in [0.1, 0.15) is 61.9 Å². The van der Waals surface area contributed by atoms with Gasteiger partial charge in [-0.2, -0.15) is 0 Å². The van der Waals surface area contributed by atoms with Crippen LogP contribution < -0.4 is 10.6 Å². The molecule has 3 fully saturated rings. The fraction of sp³-hybridized carbons (Fsp3) is 0.654. The molecule has 0 unspecified atom stereocenters. The topological polar surface area (TPSA) is 96.2 Å². The maximum atomic E-state index is 13.9. The molecule has 34 heavy (non-hydrogen) atoms. The van der Waals surface area contributed by atoms with E-state index in [1.165, 1.54) is 0 Å². The van der Waals surface area contributed by atoms with Gasteiger partial charge in [0.25, 0.3) is 0 Å². The Morgan fingerprint density at radius 2 is 1.88 bits per heavy atom. The Labute approximate surface area is 202 Å². The summed E-state index contributed by atoms with van der Waals surface area (Å²) in [6.07, 6.45) is 2.18. The number of fused-ring (bicyclic) bond motifs is 1. The molecule has 1 aromatic carbocycles. The number of likely N-dealkylation sites (tertiary alicyclic amines) is 1. The van der Waals surface area contributed by atoms with E-state index in [2.05, 4.69) is 30.6 Å². The van der Waals surface area contributed by atoms with Gasteiger partial charge in [-0.3, -0.25) is 19.3 Å². The van der Waals surface area contributed by atoms with E-state index in [1.807, 2.05) is 12.1 Å². The second-order valence-corrected chi connectivity index (χ2v) is 10.2. The zero-order chi connectivity index (χ0) is 24.4. The smallest absolute Gasteiger partial charge is 0.249 e. The molecule has 3 heterocycles. The van der Waals surface area contributed by atoms with Crippen molar-refractivity contribution in [2.45, 2.75) is 58.1 Å². The van der Waals surface area contributed by atoms with Crippen molar-refractivity contribution in [3.05, 3.63) is 29.3 Å². The summed E-state index contributed by atoms with van der Waals surface area (Å²) in [5.74, 6) is -0.975. The highest BCUT2D eigenvalue weighted by Gasteiger charge is 2.48. The molecule has 0 saturated carbocycles. The largest absolute Gasteiger partial charge is 0.369 e. The summed E-state index contributed by atoms with van der Waals surface area (Å²) in [5, 5.41) is 0. The second-order valence-electron chi connectivity index (χ2n) is 10.2. The number of piperazine rings is 1. The Hall–Kier alpha value is -2.45. The number of carbonyl (C=O) groups is 3. The van der Waals surface area contributed by atoms with Gasteiger partial charge >= 0.3 is 0 Å². The van der Waals surface area contributed by atoms with Crippen molar-refractivity contribution in [2.24, 2.45) is 11.7 Å². The molecule has 3 saturated heterocycles. The molecule has 3 aliphatic rings. The highest BCUT2D eigenvalue weighted by atomic mass is 16.5. The molecule has 2 N–H and O–H groups in total. The van der Waals surface area contributed by atoms with E-state index in [4.69, 9.17) is 10.5 Å². The molecule has 2 amide bonds. The Kier molecular flexibility index (Phi) is 7.57. The lowest BCUT2D eigenvalue weighted by atomic mass is 9.85. The molecule has 0 aliphatic carbocycles. The van der Waals surface area contributed by atoms with Gasteiger partial charge in [-0.25, -0.2) is 0 Å². The first-order valence-electron chi connectivity index (χ1n) is 12.7. The number of nitrogens with two attached hydrogens (primary N) is 1. The fourth-order valence-electron chi connectivity index (χ4n) is 5.68. The van der Waals surface area contributed by atoms with Gasteiger partial charge in [0, 0.05) is 44.0 Å². The number of rotatable bonds is 8. The predicted octanol–water partition coefficient (Wildman–Crippen LogP) is 2.02. The normalized spacial score (nSPS) is 24.1. The predicted molar refractivity (Wildman–Crippen MR) is 131 cm³/mol. The molecule has 4 rings (SSSR count). The first kappa shape index (κ1) is 24.7. The van der Waals surface area contributed by atoms with E-state index in [-0.39, 0.29) is 30.3 Å². The maximum Gasteiger partial charge on any atom is 0.249 e. The average molecular weight is 471 g/mol. The van der Waals surface area contributed by atoms with Crippen LogP contribution in [0.4, 0.5) is 5.69 Å². The van der Waals surface area contributed by atoms with Crippen LogP contribution in [-0.2, 0) is 14.3 Å². The van der Waals surface area contributed by atoms with E-state index in [1.54, 1.807) is 11.0 Å². The minimum Gasteiger partial charge on any atom is -0.369 e. The van der Waals surface area contributed by atoms with Crippen LogP contribution >= 0.6 is 0 Å². The third kappa shape index (κ3) is 4.98. The van der Waals surface area contributed by atoms with Crippen molar-refractivity contribution in [1.29, 1.82) is 0 Å². The van der Waals surface area contributed by atoms with Gasteiger partial charge in [-0.05, 0) is 55.5 Å². The Bertz CT molecular complexity index is 925. The number of ether oxygens (including phenoxy) is 1. The molecule has 0 bridgehead atoms. The van der Waals surface area contributed by atoms with E-state index in [0.717, 1.165) is 44.8 Å². The van der Waals surface area contributed by atoms with Gasteiger partial charge in [0.05, 0.1) is 12.0 Å². The first-order chi connectivity index (χ1) is 16.3. The molecular weight excluding hydrogens is 432 g/mol. The van der Waals surface area contributed by atoms with Gasteiger partial charge in [0.2, 0.25) is 11.8 Å². The lowest BCUT2D eigenvalue weighted by Gasteiger charge is -2.36. The lowest BCUT2D eigenvalue weighted by Crippen LogP contribution is -2.46. The summed E-state index contributed by atoms with van der Waals surface area (Å²) in [4.78, 5) is 45.2. The molecular formula is C26H38N4O4. The quantitative estimate of drug-likeness (QED) is 0.625. The van der Waals surface area contributed by atoms with Crippen LogP contribution in [0.2, 0.25) is 0 Å². The summed E-state index contributed by atoms with van der Waals surface area (Å²) >= 11 is 0. The Morgan fingerprint density at radius 3 is 2.53 bits per heavy atom. The highest BCUT2D eigenvalue weighted by Crippen LogP contribution is 2.36. The number of primary amides is 1. The van der Waals surface area contributed by atoms with Crippen LogP contribution in [0.15, 0.2) is 18.2 Å². The van der Waals surface area contributed by atoms with Crippen molar-refractivity contribution in [3.63, 3.8) is 0 Å². The Morgan fingerprint density at radius 1 is 1.15 bits per heavy atom. The lowest BCUT2D eigenvalue weighted by molar-refractivity contribution is -0.138. The number of amides is 2.